The second kappa shape index (κ2) is 9.64. The average molecular weight is 437 g/mol. The van der Waals surface area contributed by atoms with Crippen molar-refractivity contribution < 1.29 is 9.59 Å². The Balaban J connectivity index is 2.05. The van der Waals surface area contributed by atoms with E-state index in [1.54, 1.807) is 48.5 Å². The lowest BCUT2D eigenvalue weighted by Gasteiger charge is -2.15. The molecule has 1 heterocycles. The Hall–Kier alpha value is -3.68. The molecular weight excluding hydrogens is 408 g/mol. The lowest BCUT2D eigenvalue weighted by atomic mass is 10.1. The molecule has 8 nitrogen and oxygen atoms in total. The Morgan fingerprint density at radius 1 is 0.844 bits per heavy atom. The van der Waals surface area contributed by atoms with E-state index in [0.29, 0.717) is 16.6 Å². The van der Waals surface area contributed by atoms with Gasteiger partial charge in [0.15, 0.2) is 0 Å². The van der Waals surface area contributed by atoms with Gasteiger partial charge in [0.1, 0.15) is 6.54 Å². The molecule has 0 radical (unpaired) electrons. The minimum Gasteiger partial charge on any atom is -0.354 e. The topological polar surface area (TPSA) is 102 Å². The normalized spacial score (nSPS) is 11.2. The summed E-state index contributed by atoms with van der Waals surface area (Å²) in [5.41, 5.74) is 0.475. The summed E-state index contributed by atoms with van der Waals surface area (Å²) in [5, 5.41) is 5.94. The highest BCUT2D eigenvalue weighted by Crippen LogP contribution is 2.12. The zero-order valence-electron chi connectivity index (χ0n) is 18.7. The molecule has 3 rings (SSSR count). The maximum Gasteiger partial charge on any atom is 0.336 e. The molecule has 0 saturated carbocycles. The van der Waals surface area contributed by atoms with Crippen LogP contribution in [-0.2, 0) is 22.6 Å². The molecule has 8 heteroatoms. The number of hydrogen-bond acceptors (Lipinski definition) is 4. The summed E-state index contributed by atoms with van der Waals surface area (Å²) in [6.45, 7) is 7.25. The third kappa shape index (κ3) is 5.14. The van der Waals surface area contributed by atoms with E-state index in [-0.39, 0.29) is 36.9 Å². The minimum absolute atomic E-state index is 0.0457. The van der Waals surface area contributed by atoms with Gasteiger partial charge in [-0.25, -0.2) is 9.36 Å². The van der Waals surface area contributed by atoms with Crippen molar-refractivity contribution in [1.82, 2.24) is 19.8 Å². The van der Waals surface area contributed by atoms with Gasteiger partial charge in [0.25, 0.3) is 5.56 Å². The van der Waals surface area contributed by atoms with Crippen molar-refractivity contribution >= 4 is 22.7 Å². The quantitative estimate of drug-likeness (QED) is 0.589. The highest BCUT2D eigenvalue weighted by atomic mass is 16.2. The van der Waals surface area contributed by atoms with Crippen LogP contribution < -0.4 is 21.9 Å². The number of carbonyl (C=O) groups excluding carboxylic acids is 2. The number of benzene rings is 2. The summed E-state index contributed by atoms with van der Waals surface area (Å²) in [4.78, 5) is 50.8. The Bertz CT molecular complexity index is 1250. The molecule has 2 amide bonds. The van der Waals surface area contributed by atoms with E-state index in [4.69, 9.17) is 0 Å². The number of hydrogen-bond donors (Lipinski definition) is 2. The summed E-state index contributed by atoms with van der Waals surface area (Å²) in [7, 11) is 0. The van der Waals surface area contributed by atoms with Gasteiger partial charge in [-0.05, 0) is 57.5 Å². The van der Waals surface area contributed by atoms with Gasteiger partial charge in [-0.3, -0.25) is 19.0 Å². The Morgan fingerprint density at radius 3 is 2.06 bits per heavy atom. The molecule has 0 aliphatic carbocycles. The lowest BCUT2D eigenvalue weighted by molar-refractivity contribution is -0.122. The van der Waals surface area contributed by atoms with E-state index in [9.17, 15) is 19.2 Å². The molecule has 0 unspecified atom stereocenters. The highest BCUT2D eigenvalue weighted by Gasteiger charge is 2.17. The fourth-order valence-electron chi connectivity index (χ4n) is 3.53. The lowest BCUT2D eigenvalue weighted by Crippen LogP contribution is -2.42. The zero-order chi connectivity index (χ0) is 23.4. The van der Waals surface area contributed by atoms with E-state index >= 15 is 0 Å². The summed E-state index contributed by atoms with van der Waals surface area (Å²) in [6, 6.07) is 13.4. The van der Waals surface area contributed by atoms with Crippen LogP contribution in [0, 0.1) is 0 Å². The smallest absolute Gasteiger partial charge is 0.336 e. The Kier molecular flexibility index (Phi) is 6.92. The first-order valence-electron chi connectivity index (χ1n) is 10.6. The number of nitrogens with one attached hydrogen (secondary N) is 2. The van der Waals surface area contributed by atoms with Gasteiger partial charge < -0.3 is 10.6 Å². The molecule has 0 saturated heterocycles. The van der Waals surface area contributed by atoms with Crippen LogP contribution in [0.25, 0.3) is 16.6 Å². The molecule has 2 N–H and O–H groups in total. The SMILES string of the molecule is CC(C)NC(=O)Cc1ccc(-n2c(=O)c3ccccc3n(CC(=O)NC(C)C)c2=O)cc1. The maximum atomic E-state index is 13.3. The molecule has 2 aromatic carbocycles. The van der Waals surface area contributed by atoms with E-state index < -0.39 is 11.2 Å². The monoisotopic (exact) mass is 436 g/mol. The predicted molar refractivity (Wildman–Crippen MR) is 124 cm³/mol. The Labute approximate surface area is 185 Å². The van der Waals surface area contributed by atoms with Crippen LogP contribution >= 0.6 is 0 Å². The first-order valence-corrected chi connectivity index (χ1v) is 10.6. The van der Waals surface area contributed by atoms with Crippen LogP contribution in [0.1, 0.15) is 33.3 Å². The van der Waals surface area contributed by atoms with Gasteiger partial charge in [-0.15, -0.1) is 0 Å². The minimum atomic E-state index is -0.599. The maximum absolute atomic E-state index is 13.3. The van der Waals surface area contributed by atoms with E-state index in [1.807, 2.05) is 27.7 Å². The summed E-state index contributed by atoms with van der Waals surface area (Å²) < 4.78 is 2.36. The first kappa shape index (κ1) is 23.0. The molecule has 0 aliphatic heterocycles. The molecule has 1 aromatic heterocycles. The van der Waals surface area contributed by atoms with Gasteiger partial charge in [-0.2, -0.15) is 0 Å². The largest absolute Gasteiger partial charge is 0.354 e. The van der Waals surface area contributed by atoms with Crippen molar-refractivity contribution in [2.75, 3.05) is 0 Å². The fraction of sp³-hybridized carbons (Fsp3) is 0.333. The molecular formula is C24H28N4O4. The number of nitrogens with zero attached hydrogens (tertiary/aromatic N) is 2. The number of para-hydroxylation sites is 1. The number of aromatic nitrogens is 2. The molecule has 32 heavy (non-hydrogen) atoms. The third-order valence-electron chi connectivity index (χ3n) is 4.81. The van der Waals surface area contributed by atoms with E-state index in [1.165, 1.54) is 4.57 Å². The van der Waals surface area contributed by atoms with Crippen molar-refractivity contribution in [3.63, 3.8) is 0 Å². The molecule has 3 aromatic rings. The summed E-state index contributed by atoms with van der Waals surface area (Å²) in [5.74, 6) is -0.418. The highest BCUT2D eigenvalue weighted by molar-refractivity contribution is 5.82. The van der Waals surface area contributed by atoms with E-state index in [0.717, 1.165) is 10.1 Å². The molecule has 0 bridgehead atoms. The van der Waals surface area contributed by atoms with Gasteiger partial charge >= 0.3 is 5.69 Å². The second-order valence-electron chi connectivity index (χ2n) is 8.31. The van der Waals surface area contributed by atoms with Crippen LogP contribution in [0.15, 0.2) is 58.1 Å². The molecule has 0 aliphatic rings. The molecule has 0 spiro atoms. The second-order valence-corrected chi connectivity index (χ2v) is 8.31. The van der Waals surface area contributed by atoms with Crippen molar-refractivity contribution in [2.24, 2.45) is 0 Å². The van der Waals surface area contributed by atoms with Gasteiger partial charge in [0, 0.05) is 12.1 Å². The van der Waals surface area contributed by atoms with Crippen molar-refractivity contribution in [3.8, 4) is 5.69 Å². The van der Waals surface area contributed by atoms with Crippen LogP contribution in [0.3, 0.4) is 0 Å². The van der Waals surface area contributed by atoms with Crippen molar-refractivity contribution in [3.05, 3.63) is 74.9 Å². The molecule has 168 valence electrons. The summed E-state index contributed by atoms with van der Waals surface area (Å²) in [6.07, 6.45) is 0.199. The first-order chi connectivity index (χ1) is 15.2. The third-order valence-corrected chi connectivity index (χ3v) is 4.81. The number of fused-ring (bicyclic) bond motifs is 1. The van der Waals surface area contributed by atoms with Gasteiger partial charge in [0.2, 0.25) is 11.8 Å². The average Bonchev–Trinajstić information content (AvgIpc) is 2.71. The predicted octanol–water partition coefficient (Wildman–Crippen LogP) is 1.74. The fourth-order valence-corrected chi connectivity index (χ4v) is 3.53. The van der Waals surface area contributed by atoms with Crippen LogP contribution in [0.2, 0.25) is 0 Å². The Morgan fingerprint density at radius 2 is 1.44 bits per heavy atom. The van der Waals surface area contributed by atoms with Crippen LogP contribution in [0.4, 0.5) is 0 Å². The number of carbonyl (C=O) groups is 2. The molecule has 0 fully saturated rings. The number of amides is 2. The van der Waals surface area contributed by atoms with Crippen LogP contribution in [-0.4, -0.2) is 33.0 Å². The zero-order valence-corrected chi connectivity index (χ0v) is 18.7. The van der Waals surface area contributed by atoms with Crippen molar-refractivity contribution in [1.29, 1.82) is 0 Å². The molecule has 0 atom stereocenters. The van der Waals surface area contributed by atoms with Gasteiger partial charge in [0.05, 0.1) is 23.0 Å². The van der Waals surface area contributed by atoms with Gasteiger partial charge in [-0.1, -0.05) is 24.3 Å². The number of rotatable bonds is 7. The van der Waals surface area contributed by atoms with Crippen LogP contribution in [0.5, 0.6) is 0 Å². The standard InChI is InChI=1S/C24H28N4O4/c1-15(2)25-21(29)13-17-9-11-18(12-10-17)28-23(31)19-7-5-6-8-20(19)27(24(28)32)14-22(30)26-16(3)4/h5-12,15-16H,13-14H2,1-4H3,(H,25,29)(H,26,30). The van der Waals surface area contributed by atoms with Crippen molar-refractivity contribution in [2.45, 2.75) is 52.7 Å². The van der Waals surface area contributed by atoms with E-state index in [2.05, 4.69) is 10.6 Å². The summed E-state index contributed by atoms with van der Waals surface area (Å²) >= 11 is 0.